The molecule has 1 aromatic heterocycles. The smallest absolute Gasteiger partial charge is 0.337 e. The second-order valence-corrected chi connectivity index (χ2v) is 6.85. The van der Waals surface area contributed by atoms with E-state index in [1.165, 1.54) is 6.20 Å². The Morgan fingerprint density at radius 2 is 2.00 bits per heavy atom. The molecule has 2 aliphatic heterocycles. The van der Waals surface area contributed by atoms with Crippen LogP contribution in [-0.2, 0) is 16.1 Å². The molecular weight excluding hydrogens is 346 g/mol. The van der Waals surface area contributed by atoms with Crippen molar-refractivity contribution in [1.82, 2.24) is 9.88 Å². The third-order valence-corrected chi connectivity index (χ3v) is 5.12. The van der Waals surface area contributed by atoms with Crippen LogP contribution in [0.4, 0.5) is 5.82 Å². The van der Waals surface area contributed by atoms with Crippen molar-refractivity contribution >= 4 is 17.7 Å². The highest BCUT2D eigenvalue weighted by Crippen LogP contribution is 2.28. The number of pyridine rings is 1. The van der Waals surface area contributed by atoms with Crippen LogP contribution in [-0.4, -0.2) is 58.7 Å². The Morgan fingerprint density at radius 3 is 2.70 bits per heavy atom. The Balaban J connectivity index is 1.54. The van der Waals surface area contributed by atoms with Gasteiger partial charge in [-0.25, -0.2) is 9.78 Å². The van der Waals surface area contributed by atoms with Crippen LogP contribution in [0, 0.1) is 0 Å². The first kappa shape index (κ1) is 17.5. The number of ether oxygens (including phenoxy) is 1. The Hall–Kier alpha value is -2.93. The van der Waals surface area contributed by atoms with E-state index < -0.39 is 5.97 Å². The molecule has 0 radical (unpaired) electrons. The zero-order valence-corrected chi connectivity index (χ0v) is 14.8. The number of carboxylic acid groups (broad SMARTS) is 1. The van der Waals surface area contributed by atoms with Crippen molar-refractivity contribution in [3.8, 4) is 0 Å². The molecule has 2 aliphatic rings. The fraction of sp³-hybridized carbons (Fsp3) is 0.350. The number of rotatable bonds is 4. The van der Waals surface area contributed by atoms with Crippen molar-refractivity contribution in [2.24, 2.45) is 0 Å². The number of hydrogen-bond acceptors (Lipinski definition) is 5. The van der Waals surface area contributed by atoms with Gasteiger partial charge in [0.25, 0.3) is 0 Å². The number of benzene rings is 1. The first-order valence-corrected chi connectivity index (χ1v) is 9.01. The third kappa shape index (κ3) is 3.64. The maximum Gasteiger partial charge on any atom is 0.337 e. The van der Waals surface area contributed by atoms with E-state index in [-0.39, 0.29) is 23.6 Å². The number of aromatic nitrogens is 1. The predicted octanol–water partition coefficient (Wildman–Crippen LogP) is 1.79. The second-order valence-electron chi connectivity index (χ2n) is 6.85. The van der Waals surface area contributed by atoms with E-state index >= 15 is 0 Å². The van der Waals surface area contributed by atoms with Crippen molar-refractivity contribution in [3.63, 3.8) is 0 Å². The molecule has 0 saturated carbocycles. The van der Waals surface area contributed by atoms with Crippen LogP contribution in [0.25, 0.3) is 0 Å². The van der Waals surface area contributed by atoms with Gasteiger partial charge in [0.1, 0.15) is 5.82 Å². The van der Waals surface area contributed by atoms with Crippen LogP contribution in [0.15, 0.2) is 48.7 Å². The van der Waals surface area contributed by atoms with Crippen LogP contribution < -0.4 is 4.90 Å². The molecule has 2 fully saturated rings. The molecule has 140 valence electrons. The summed E-state index contributed by atoms with van der Waals surface area (Å²) in [4.78, 5) is 31.9. The second kappa shape index (κ2) is 7.36. The summed E-state index contributed by atoms with van der Waals surface area (Å²) in [5.41, 5.74) is 1.25. The lowest BCUT2D eigenvalue weighted by Crippen LogP contribution is -2.45. The van der Waals surface area contributed by atoms with Gasteiger partial charge in [-0.15, -0.1) is 0 Å². The number of fused-ring (bicyclic) bond motifs is 1. The van der Waals surface area contributed by atoms with Crippen LogP contribution in [0.3, 0.4) is 0 Å². The highest BCUT2D eigenvalue weighted by Gasteiger charge is 2.41. The lowest BCUT2D eigenvalue weighted by atomic mass is 10.1. The Morgan fingerprint density at radius 1 is 1.19 bits per heavy atom. The monoisotopic (exact) mass is 367 g/mol. The maximum absolute atomic E-state index is 12.7. The molecule has 0 unspecified atom stereocenters. The van der Waals surface area contributed by atoms with E-state index in [1.54, 1.807) is 12.1 Å². The Kier molecular flexibility index (Phi) is 4.77. The van der Waals surface area contributed by atoms with E-state index in [2.05, 4.69) is 9.88 Å². The predicted molar refractivity (Wildman–Crippen MR) is 98.5 cm³/mol. The summed E-state index contributed by atoms with van der Waals surface area (Å²) < 4.78 is 5.95. The molecule has 7 nitrogen and oxygen atoms in total. The summed E-state index contributed by atoms with van der Waals surface area (Å²) in [7, 11) is 0. The van der Waals surface area contributed by atoms with Crippen molar-refractivity contribution in [2.75, 3.05) is 24.6 Å². The average molecular weight is 367 g/mol. The molecule has 1 aromatic carbocycles. The maximum atomic E-state index is 12.7. The topological polar surface area (TPSA) is 83.0 Å². The molecule has 4 rings (SSSR count). The van der Waals surface area contributed by atoms with Gasteiger partial charge in [-0.05, 0) is 17.7 Å². The SMILES string of the molecule is O=C(O)c1ccc(N2C[C@@H]3OCCC(=O)N(Cc4ccccc4)[C@H]3C2)nc1. The first-order valence-electron chi connectivity index (χ1n) is 9.01. The van der Waals surface area contributed by atoms with E-state index in [4.69, 9.17) is 9.84 Å². The number of carboxylic acids is 1. The van der Waals surface area contributed by atoms with E-state index in [0.29, 0.717) is 38.5 Å². The minimum atomic E-state index is -0.997. The van der Waals surface area contributed by atoms with Gasteiger partial charge in [-0.1, -0.05) is 30.3 Å². The average Bonchev–Trinajstić information content (AvgIpc) is 3.05. The van der Waals surface area contributed by atoms with Crippen LogP contribution in [0.2, 0.25) is 0 Å². The number of carbonyl (C=O) groups excluding carboxylic acids is 1. The van der Waals surface area contributed by atoms with Crippen LogP contribution in [0.5, 0.6) is 0 Å². The van der Waals surface area contributed by atoms with Crippen LogP contribution >= 0.6 is 0 Å². The number of anilines is 1. The number of hydrogen-bond donors (Lipinski definition) is 1. The van der Waals surface area contributed by atoms with Gasteiger partial charge in [-0.2, -0.15) is 0 Å². The zero-order valence-electron chi connectivity index (χ0n) is 14.8. The lowest BCUT2D eigenvalue weighted by molar-refractivity contribution is -0.133. The van der Waals surface area contributed by atoms with Crippen LogP contribution in [0.1, 0.15) is 22.3 Å². The van der Waals surface area contributed by atoms with Crippen molar-refractivity contribution < 1.29 is 19.4 Å². The standard InChI is InChI=1S/C20H21N3O4/c24-19-8-9-27-17-13-22(18-7-6-15(10-21-18)20(25)26)12-16(17)23(19)11-14-4-2-1-3-5-14/h1-7,10,16-17H,8-9,11-13H2,(H,25,26)/t16-,17-/m0/s1. The molecule has 3 heterocycles. The molecule has 0 spiro atoms. The van der Waals surface area contributed by atoms with E-state index in [0.717, 1.165) is 5.56 Å². The van der Waals surface area contributed by atoms with Gasteiger partial charge < -0.3 is 19.6 Å². The van der Waals surface area contributed by atoms with Crippen molar-refractivity contribution in [3.05, 3.63) is 59.8 Å². The summed E-state index contributed by atoms with van der Waals surface area (Å²) in [5.74, 6) is -0.199. The highest BCUT2D eigenvalue weighted by atomic mass is 16.5. The third-order valence-electron chi connectivity index (χ3n) is 5.12. The fourth-order valence-electron chi connectivity index (χ4n) is 3.72. The molecule has 2 saturated heterocycles. The molecule has 2 atom stereocenters. The van der Waals surface area contributed by atoms with Gasteiger partial charge in [-0.3, -0.25) is 4.79 Å². The van der Waals surface area contributed by atoms with Gasteiger partial charge in [0.2, 0.25) is 5.91 Å². The fourth-order valence-corrected chi connectivity index (χ4v) is 3.72. The molecule has 0 aliphatic carbocycles. The van der Waals surface area contributed by atoms with Crippen molar-refractivity contribution in [1.29, 1.82) is 0 Å². The van der Waals surface area contributed by atoms with Crippen molar-refractivity contribution in [2.45, 2.75) is 25.1 Å². The normalized spacial score (nSPS) is 22.4. The Labute approximate surface area is 157 Å². The lowest BCUT2D eigenvalue weighted by Gasteiger charge is -2.29. The summed E-state index contributed by atoms with van der Waals surface area (Å²) in [6.07, 6.45) is 1.67. The first-order chi connectivity index (χ1) is 13.1. The minimum absolute atomic E-state index is 0.0545. The number of amides is 1. The highest BCUT2D eigenvalue weighted by molar-refractivity contribution is 5.87. The largest absolute Gasteiger partial charge is 0.478 e. The molecule has 2 aromatic rings. The molecule has 7 heteroatoms. The van der Waals surface area contributed by atoms with Gasteiger partial charge in [0, 0.05) is 25.8 Å². The zero-order chi connectivity index (χ0) is 18.8. The minimum Gasteiger partial charge on any atom is -0.478 e. The number of carbonyl (C=O) groups is 2. The Bertz CT molecular complexity index is 825. The van der Waals surface area contributed by atoms with Gasteiger partial charge in [0.05, 0.1) is 30.7 Å². The van der Waals surface area contributed by atoms with Gasteiger partial charge >= 0.3 is 5.97 Å². The molecule has 1 amide bonds. The number of aromatic carboxylic acids is 1. The summed E-state index contributed by atoms with van der Waals surface area (Å²) in [6, 6.07) is 13.1. The molecule has 27 heavy (non-hydrogen) atoms. The molecular formula is C20H21N3O4. The van der Waals surface area contributed by atoms with Gasteiger partial charge in [0.15, 0.2) is 0 Å². The summed E-state index contributed by atoms with van der Waals surface area (Å²) >= 11 is 0. The summed E-state index contributed by atoms with van der Waals surface area (Å²) in [6.45, 7) is 2.22. The number of nitrogens with zero attached hydrogens (tertiary/aromatic N) is 3. The quantitative estimate of drug-likeness (QED) is 0.887. The van der Waals surface area contributed by atoms with E-state index in [9.17, 15) is 9.59 Å². The molecule has 0 bridgehead atoms. The van der Waals surface area contributed by atoms with E-state index in [1.807, 2.05) is 35.2 Å². The summed E-state index contributed by atoms with van der Waals surface area (Å²) in [5, 5.41) is 9.03. The molecule has 1 N–H and O–H groups in total.